The first-order valence-corrected chi connectivity index (χ1v) is 8.77. The fourth-order valence-electron chi connectivity index (χ4n) is 3.41. The molecule has 4 heterocycles. The Hall–Kier alpha value is -1.86. The molecule has 0 unspecified atom stereocenters. The first-order chi connectivity index (χ1) is 11.1. The molecule has 1 fully saturated rings. The molecular formula is C16H20N4O2S. The number of fused-ring (bicyclic) bond motifs is 1. The second-order valence-electron chi connectivity index (χ2n) is 6.30. The van der Waals surface area contributed by atoms with E-state index in [1.165, 1.54) is 28.7 Å². The predicted molar refractivity (Wildman–Crippen MR) is 87.8 cm³/mol. The van der Waals surface area contributed by atoms with Gasteiger partial charge in [-0.25, -0.2) is 4.98 Å². The van der Waals surface area contributed by atoms with Crippen LogP contribution in [-0.2, 0) is 0 Å². The van der Waals surface area contributed by atoms with Gasteiger partial charge in [-0.05, 0) is 44.4 Å². The van der Waals surface area contributed by atoms with Crippen LogP contribution < -0.4 is 0 Å². The highest BCUT2D eigenvalue weighted by atomic mass is 32.1. The third-order valence-corrected chi connectivity index (χ3v) is 5.49. The summed E-state index contributed by atoms with van der Waals surface area (Å²) in [7, 11) is 0. The van der Waals surface area contributed by atoms with E-state index in [2.05, 4.69) is 21.9 Å². The topological polar surface area (TPSA) is 66.8 Å². The summed E-state index contributed by atoms with van der Waals surface area (Å²) in [6.07, 6.45) is 4.11. The average molecular weight is 332 g/mol. The second-order valence-corrected chi connectivity index (χ2v) is 7.31. The molecule has 1 aliphatic heterocycles. The molecule has 4 rings (SSSR count). The van der Waals surface area contributed by atoms with E-state index < -0.39 is 0 Å². The molecule has 2 atom stereocenters. The van der Waals surface area contributed by atoms with Crippen molar-refractivity contribution >= 4 is 16.3 Å². The molecule has 0 radical (unpaired) electrons. The zero-order valence-electron chi connectivity index (χ0n) is 13.3. The number of rotatable bonds is 3. The summed E-state index contributed by atoms with van der Waals surface area (Å²) in [5.74, 6) is 2.34. The Morgan fingerprint density at radius 3 is 3.04 bits per heavy atom. The van der Waals surface area contributed by atoms with Crippen molar-refractivity contribution in [2.24, 2.45) is 5.92 Å². The number of aryl methyl sites for hydroxylation is 1. The molecule has 23 heavy (non-hydrogen) atoms. The molecule has 3 aromatic rings. The number of hydrogen-bond donors (Lipinski definition) is 1. The third kappa shape index (κ3) is 2.53. The monoisotopic (exact) mass is 332 g/mol. The molecule has 0 amide bonds. The number of furan rings is 1. The van der Waals surface area contributed by atoms with Gasteiger partial charge in [-0.1, -0.05) is 18.3 Å². The first kappa shape index (κ1) is 14.7. The molecule has 0 spiro atoms. The number of aromatic nitrogens is 3. The maximum absolute atomic E-state index is 10.7. The standard InChI is InChI=1S/C16H20N4O2S/c1-10-5-3-7-19(9-10)13(12-6-4-8-22-12)14-15(21)20-16(23-14)17-11(2)18-20/h4,6,8,10,13,21H,3,5,7,9H2,1-2H3/t10-,13-/m0/s1. The smallest absolute Gasteiger partial charge is 0.230 e. The Balaban J connectivity index is 1.80. The number of thiazole rings is 1. The molecule has 7 heteroatoms. The lowest BCUT2D eigenvalue weighted by molar-refractivity contribution is 0.136. The lowest BCUT2D eigenvalue weighted by atomic mass is 9.97. The van der Waals surface area contributed by atoms with Gasteiger partial charge in [-0.2, -0.15) is 4.52 Å². The van der Waals surface area contributed by atoms with Crippen LogP contribution in [0.4, 0.5) is 0 Å². The van der Waals surface area contributed by atoms with E-state index in [4.69, 9.17) is 4.42 Å². The summed E-state index contributed by atoms with van der Waals surface area (Å²) in [6, 6.07) is 3.79. The number of likely N-dealkylation sites (tertiary alicyclic amines) is 1. The van der Waals surface area contributed by atoms with Crippen molar-refractivity contribution in [3.8, 4) is 5.88 Å². The van der Waals surface area contributed by atoms with E-state index >= 15 is 0 Å². The first-order valence-electron chi connectivity index (χ1n) is 7.96. The highest BCUT2D eigenvalue weighted by molar-refractivity contribution is 7.17. The van der Waals surface area contributed by atoms with Crippen molar-refractivity contribution in [1.82, 2.24) is 19.5 Å². The van der Waals surface area contributed by atoms with Gasteiger partial charge in [-0.15, -0.1) is 5.10 Å². The van der Waals surface area contributed by atoms with E-state index in [-0.39, 0.29) is 11.9 Å². The summed E-state index contributed by atoms with van der Waals surface area (Å²) in [6.45, 7) is 6.10. The van der Waals surface area contributed by atoms with Gasteiger partial charge in [0.05, 0.1) is 11.1 Å². The van der Waals surface area contributed by atoms with Crippen LogP contribution in [0.3, 0.4) is 0 Å². The van der Waals surface area contributed by atoms with Crippen LogP contribution in [-0.4, -0.2) is 37.7 Å². The fraction of sp³-hybridized carbons (Fsp3) is 0.500. The quantitative estimate of drug-likeness (QED) is 0.798. The summed E-state index contributed by atoms with van der Waals surface area (Å²) in [4.78, 5) is 8.34. The molecule has 1 aliphatic rings. The Morgan fingerprint density at radius 1 is 1.48 bits per heavy atom. The maximum Gasteiger partial charge on any atom is 0.230 e. The minimum atomic E-state index is -0.0819. The molecule has 0 bridgehead atoms. The van der Waals surface area contributed by atoms with Crippen molar-refractivity contribution < 1.29 is 9.52 Å². The van der Waals surface area contributed by atoms with Gasteiger partial charge in [-0.3, -0.25) is 4.90 Å². The van der Waals surface area contributed by atoms with E-state index in [0.717, 1.165) is 28.7 Å². The van der Waals surface area contributed by atoms with Gasteiger partial charge in [0.25, 0.3) is 0 Å². The van der Waals surface area contributed by atoms with E-state index in [1.54, 1.807) is 6.26 Å². The fourth-order valence-corrected chi connectivity index (χ4v) is 4.55. The number of piperidine rings is 1. The molecule has 1 N–H and O–H groups in total. The van der Waals surface area contributed by atoms with Gasteiger partial charge in [0.2, 0.25) is 10.8 Å². The number of aromatic hydroxyl groups is 1. The zero-order valence-corrected chi connectivity index (χ0v) is 14.1. The van der Waals surface area contributed by atoms with Crippen LogP contribution in [0.5, 0.6) is 5.88 Å². The molecular weight excluding hydrogens is 312 g/mol. The Morgan fingerprint density at radius 2 is 2.35 bits per heavy atom. The zero-order chi connectivity index (χ0) is 16.0. The van der Waals surface area contributed by atoms with Crippen LogP contribution in [0.1, 0.15) is 42.3 Å². The van der Waals surface area contributed by atoms with E-state index in [9.17, 15) is 5.11 Å². The Bertz CT molecular complexity index is 808. The second kappa shape index (κ2) is 5.65. The predicted octanol–water partition coefficient (Wildman–Crippen LogP) is 3.22. The van der Waals surface area contributed by atoms with Crippen LogP contribution in [0.2, 0.25) is 0 Å². The molecule has 122 valence electrons. The van der Waals surface area contributed by atoms with Crippen LogP contribution >= 0.6 is 11.3 Å². The molecule has 3 aromatic heterocycles. The molecule has 6 nitrogen and oxygen atoms in total. The van der Waals surface area contributed by atoms with Gasteiger partial charge in [0, 0.05) is 6.54 Å². The van der Waals surface area contributed by atoms with Gasteiger partial charge >= 0.3 is 0 Å². The van der Waals surface area contributed by atoms with Crippen LogP contribution in [0.25, 0.3) is 4.96 Å². The van der Waals surface area contributed by atoms with Crippen molar-refractivity contribution in [3.05, 3.63) is 34.9 Å². The van der Waals surface area contributed by atoms with Crippen molar-refractivity contribution in [3.63, 3.8) is 0 Å². The lowest BCUT2D eigenvalue weighted by Crippen LogP contribution is -2.37. The van der Waals surface area contributed by atoms with Crippen molar-refractivity contribution in [1.29, 1.82) is 0 Å². The largest absolute Gasteiger partial charge is 0.492 e. The van der Waals surface area contributed by atoms with Crippen molar-refractivity contribution in [2.75, 3.05) is 13.1 Å². The summed E-state index contributed by atoms with van der Waals surface area (Å²) < 4.78 is 7.22. The highest BCUT2D eigenvalue weighted by Crippen LogP contribution is 2.41. The van der Waals surface area contributed by atoms with Crippen LogP contribution in [0.15, 0.2) is 22.8 Å². The third-order valence-electron chi connectivity index (χ3n) is 4.42. The molecule has 0 aromatic carbocycles. The van der Waals surface area contributed by atoms with E-state index in [1.807, 2.05) is 19.1 Å². The van der Waals surface area contributed by atoms with Crippen molar-refractivity contribution in [2.45, 2.75) is 32.7 Å². The minimum Gasteiger partial charge on any atom is -0.492 e. The SMILES string of the molecule is Cc1nc2sc([C@H](c3ccco3)N3CCC[C@H](C)C3)c(O)n2n1. The number of nitrogens with zero attached hydrogens (tertiary/aromatic N) is 4. The lowest BCUT2D eigenvalue weighted by Gasteiger charge is -2.35. The summed E-state index contributed by atoms with van der Waals surface area (Å²) in [5.41, 5.74) is 0. The molecule has 1 saturated heterocycles. The normalized spacial score (nSPS) is 21.0. The Kier molecular flexibility index (Phi) is 3.61. The Labute approximate surface area is 138 Å². The molecule has 0 aliphatic carbocycles. The number of hydrogen-bond acceptors (Lipinski definition) is 6. The summed E-state index contributed by atoms with van der Waals surface area (Å²) in [5, 5.41) is 14.9. The molecule has 0 saturated carbocycles. The van der Waals surface area contributed by atoms with Gasteiger partial charge in [0.1, 0.15) is 17.6 Å². The highest BCUT2D eigenvalue weighted by Gasteiger charge is 2.33. The maximum atomic E-state index is 10.7. The minimum absolute atomic E-state index is 0.0819. The van der Waals surface area contributed by atoms with Gasteiger partial charge < -0.3 is 9.52 Å². The van der Waals surface area contributed by atoms with E-state index in [0.29, 0.717) is 11.7 Å². The van der Waals surface area contributed by atoms with Crippen LogP contribution in [0, 0.1) is 12.8 Å². The summed E-state index contributed by atoms with van der Waals surface area (Å²) >= 11 is 1.48. The average Bonchev–Trinajstić information content (AvgIpc) is 3.21. The van der Waals surface area contributed by atoms with Gasteiger partial charge in [0.15, 0.2) is 0 Å².